The molecule has 0 bridgehead atoms. The molecule has 0 spiro atoms. The van der Waals surface area contributed by atoms with Gasteiger partial charge in [0.25, 0.3) is 0 Å². The van der Waals surface area contributed by atoms with E-state index >= 15 is 0 Å². The molecule has 118 valence electrons. The Morgan fingerprint density at radius 1 is 1.29 bits per heavy atom. The Balaban J connectivity index is 2.29. The van der Waals surface area contributed by atoms with Gasteiger partial charge in [-0.05, 0) is 34.7 Å². The average Bonchev–Trinajstić information content (AvgIpc) is 2.48. The molecule has 1 aliphatic rings. The Hall–Kier alpha value is -0.880. The van der Waals surface area contributed by atoms with Gasteiger partial charge in [-0.2, -0.15) is 4.98 Å². The lowest BCUT2D eigenvalue weighted by molar-refractivity contribution is 0.122. The number of halogens is 1. The molecule has 1 N–H and O–H groups in total. The van der Waals surface area contributed by atoms with Crippen molar-refractivity contribution in [2.24, 2.45) is 5.92 Å². The summed E-state index contributed by atoms with van der Waals surface area (Å²) in [7, 11) is 0. The molecule has 2 rings (SSSR count). The maximum atomic E-state index is 5.41. The molecule has 1 aromatic rings. The summed E-state index contributed by atoms with van der Waals surface area (Å²) in [4.78, 5) is 11.7. The van der Waals surface area contributed by atoms with Gasteiger partial charge in [0.2, 0.25) is 5.95 Å². The molecular formula is C15H25BrN4O. The molecular weight excluding hydrogens is 332 g/mol. The molecule has 0 amide bonds. The highest BCUT2D eigenvalue weighted by Gasteiger charge is 2.19. The first-order chi connectivity index (χ1) is 10.1. The van der Waals surface area contributed by atoms with Gasteiger partial charge in [-0.15, -0.1) is 0 Å². The van der Waals surface area contributed by atoms with E-state index in [-0.39, 0.29) is 0 Å². The first kappa shape index (κ1) is 16.5. The van der Waals surface area contributed by atoms with Crippen molar-refractivity contribution in [3.05, 3.63) is 10.2 Å². The number of ether oxygens (including phenoxy) is 1. The van der Waals surface area contributed by atoms with Crippen LogP contribution >= 0.6 is 15.9 Å². The minimum atomic E-state index is 0.563. The van der Waals surface area contributed by atoms with Crippen molar-refractivity contribution in [2.75, 3.05) is 43.1 Å². The van der Waals surface area contributed by atoms with Crippen LogP contribution in [0.4, 0.5) is 11.8 Å². The number of rotatable bonds is 6. The summed E-state index contributed by atoms with van der Waals surface area (Å²) in [6, 6.07) is 0. The van der Waals surface area contributed by atoms with Crippen LogP contribution in [0, 0.1) is 5.92 Å². The molecule has 0 radical (unpaired) electrons. The number of hydrogen-bond acceptors (Lipinski definition) is 5. The Bertz CT molecular complexity index is 461. The van der Waals surface area contributed by atoms with Crippen LogP contribution < -0.4 is 10.2 Å². The van der Waals surface area contributed by atoms with Crippen LogP contribution in [0.5, 0.6) is 0 Å². The lowest BCUT2D eigenvalue weighted by Gasteiger charge is -2.28. The Morgan fingerprint density at radius 3 is 2.62 bits per heavy atom. The molecule has 5 nitrogen and oxygen atoms in total. The predicted molar refractivity (Wildman–Crippen MR) is 90.1 cm³/mol. The zero-order chi connectivity index (χ0) is 15.2. The van der Waals surface area contributed by atoms with E-state index in [2.05, 4.69) is 46.9 Å². The molecule has 0 saturated carbocycles. The molecule has 0 unspecified atom stereocenters. The van der Waals surface area contributed by atoms with Crippen molar-refractivity contribution in [1.29, 1.82) is 0 Å². The van der Waals surface area contributed by atoms with Crippen molar-refractivity contribution in [3.63, 3.8) is 0 Å². The van der Waals surface area contributed by atoms with Gasteiger partial charge in [0.15, 0.2) is 0 Å². The molecule has 0 aromatic carbocycles. The van der Waals surface area contributed by atoms with Crippen molar-refractivity contribution in [1.82, 2.24) is 9.97 Å². The second kappa shape index (κ2) is 7.94. The highest BCUT2D eigenvalue weighted by molar-refractivity contribution is 9.10. The molecule has 21 heavy (non-hydrogen) atoms. The molecule has 6 heteroatoms. The normalized spacial score (nSPS) is 15.6. The van der Waals surface area contributed by atoms with Gasteiger partial charge in [-0.25, -0.2) is 4.98 Å². The molecule has 2 heterocycles. The summed E-state index contributed by atoms with van der Waals surface area (Å²) in [5, 5.41) is 3.40. The fourth-order valence-electron chi connectivity index (χ4n) is 2.27. The maximum absolute atomic E-state index is 5.41. The van der Waals surface area contributed by atoms with Crippen LogP contribution in [-0.4, -0.2) is 42.8 Å². The summed E-state index contributed by atoms with van der Waals surface area (Å²) < 4.78 is 6.41. The number of morpholine rings is 1. The lowest BCUT2D eigenvalue weighted by atomic mass is 10.1. The van der Waals surface area contributed by atoms with Crippen LogP contribution in [-0.2, 0) is 11.2 Å². The SMILES string of the molecule is CCCNc1nc(N2CCOCC2)nc(CC(C)C)c1Br. The van der Waals surface area contributed by atoms with Gasteiger partial charge in [0.05, 0.1) is 23.4 Å². The molecule has 1 aromatic heterocycles. The molecule has 1 saturated heterocycles. The van der Waals surface area contributed by atoms with Gasteiger partial charge >= 0.3 is 0 Å². The van der Waals surface area contributed by atoms with Crippen molar-refractivity contribution < 1.29 is 4.74 Å². The van der Waals surface area contributed by atoms with Crippen molar-refractivity contribution >= 4 is 27.7 Å². The highest BCUT2D eigenvalue weighted by Crippen LogP contribution is 2.28. The summed E-state index contributed by atoms with van der Waals surface area (Å²) >= 11 is 3.67. The topological polar surface area (TPSA) is 50.3 Å². The van der Waals surface area contributed by atoms with E-state index in [4.69, 9.17) is 14.7 Å². The lowest BCUT2D eigenvalue weighted by Crippen LogP contribution is -2.37. The fraction of sp³-hybridized carbons (Fsp3) is 0.733. The quantitative estimate of drug-likeness (QED) is 0.848. The van der Waals surface area contributed by atoms with Gasteiger partial charge in [0, 0.05) is 19.6 Å². The Kier molecular flexibility index (Phi) is 6.23. The molecule has 1 fully saturated rings. The van der Waals surface area contributed by atoms with E-state index in [1.54, 1.807) is 0 Å². The largest absolute Gasteiger partial charge is 0.378 e. The Labute approximate surface area is 135 Å². The van der Waals surface area contributed by atoms with Crippen LogP contribution in [0.1, 0.15) is 32.9 Å². The van der Waals surface area contributed by atoms with Crippen molar-refractivity contribution in [3.8, 4) is 0 Å². The number of nitrogens with zero attached hydrogens (tertiary/aromatic N) is 3. The van der Waals surface area contributed by atoms with E-state index in [1.165, 1.54) is 0 Å². The summed E-state index contributed by atoms with van der Waals surface area (Å²) in [6.07, 6.45) is 2.02. The third kappa shape index (κ3) is 4.54. The Morgan fingerprint density at radius 2 is 2.00 bits per heavy atom. The minimum Gasteiger partial charge on any atom is -0.378 e. The van der Waals surface area contributed by atoms with Crippen LogP contribution in [0.2, 0.25) is 0 Å². The molecule has 1 aliphatic heterocycles. The summed E-state index contributed by atoms with van der Waals surface area (Å²) in [5.41, 5.74) is 1.08. The predicted octanol–water partition coefficient (Wildman–Crippen LogP) is 3.10. The van der Waals surface area contributed by atoms with Crippen LogP contribution in [0.3, 0.4) is 0 Å². The van der Waals surface area contributed by atoms with E-state index < -0.39 is 0 Å². The smallest absolute Gasteiger partial charge is 0.227 e. The maximum Gasteiger partial charge on any atom is 0.227 e. The summed E-state index contributed by atoms with van der Waals surface area (Å²) in [5.74, 6) is 2.28. The second-order valence-corrected chi connectivity index (χ2v) is 6.55. The van der Waals surface area contributed by atoms with Crippen molar-refractivity contribution in [2.45, 2.75) is 33.6 Å². The minimum absolute atomic E-state index is 0.563. The van der Waals surface area contributed by atoms with E-state index in [0.29, 0.717) is 5.92 Å². The van der Waals surface area contributed by atoms with E-state index in [1.807, 2.05) is 0 Å². The average molecular weight is 357 g/mol. The number of nitrogens with one attached hydrogen (secondary N) is 1. The highest BCUT2D eigenvalue weighted by atomic mass is 79.9. The fourth-order valence-corrected chi connectivity index (χ4v) is 2.75. The standard InChI is InChI=1S/C15H25BrN4O/c1-4-5-17-14-13(16)12(10-11(2)3)18-15(19-14)20-6-8-21-9-7-20/h11H,4-10H2,1-3H3,(H,17,18,19). The monoisotopic (exact) mass is 356 g/mol. The van der Waals surface area contributed by atoms with E-state index in [0.717, 1.165) is 67.6 Å². The third-order valence-corrected chi connectivity index (χ3v) is 4.18. The number of hydrogen-bond donors (Lipinski definition) is 1. The zero-order valence-electron chi connectivity index (χ0n) is 13.2. The van der Waals surface area contributed by atoms with Crippen LogP contribution in [0.25, 0.3) is 0 Å². The molecule has 0 aliphatic carbocycles. The van der Waals surface area contributed by atoms with Gasteiger partial charge in [-0.1, -0.05) is 20.8 Å². The number of aromatic nitrogens is 2. The molecule has 0 atom stereocenters. The second-order valence-electron chi connectivity index (χ2n) is 5.76. The number of anilines is 2. The third-order valence-electron chi connectivity index (χ3n) is 3.35. The van der Waals surface area contributed by atoms with Crippen LogP contribution in [0.15, 0.2) is 4.47 Å². The first-order valence-electron chi connectivity index (χ1n) is 7.74. The summed E-state index contributed by atoms with van der Waals surface area (Å²) in [6.45, 7) is 10.7. The van der Waals surface area contributed by atoms with E-state index in [9.17, 15) is 0 Å². The van der Waals surface area contributed by atoms with Gasteiger partial charge in [0.1, 0.15) is 5.82 Å². The van der Waals surface area contributed by atoms with Gasteiger partial charge in [-0.3, -0.25) is 0 Å². The zero-order valence-corrected chi connectivity index (χ0v) is 14.7. The first-order valence-corrected chi connectivity index (χ1v) is 8.54. The van der Waals surface area contributed by atoms with Gasteiger partial charge < -0.3 is 15.0 Å².